The quantitative estimate of drug-likeness (QED) is 0.741. The first-order chi connectivity index (χ1) is 10.6. The summed E-state index contributed by atoms with van der Waals surface area (Å²) in [5, 5.41) is 2.88. The van der Waals surface area contributed by atoms with Crippen molar-refractivity contribution in [3.63, 3.8) is 0 Å². The lowest BCUT2D eigenvalue weighted by Crippen LogP contribution is -2.47. The second-order valence-electron chi connectivity index (χ2n) is 6.40. The fourth-order valence-electron chi connectivity index (χ4n) is 2.01. The summed E-state index contributed by atoms with van der Waals surface area (Å²) in [6.45, 7) is 10.3. The number of thioether (sulfide) groups is 1. The third-order valence-corrected chi connectivity index (χ3v) is 4.73. The average molecular weight is 401 g/mol. The number of halogens is 1. The molecule has 4 nitrogen and oxygen atoms in total. The van der Waals surface area contributed by atoms with Crippen molar-refractivity contribution in [1.29, 1.82) is 0 Å². The Labute approximate surface area is 151 Å². The van der Waals surface area contributed by atoms with Gasteiger partial charge in [0.25, 0.3) is 0 Å². The van der Waals surface area contributed by atoms with E-state index in [4.69, 9.17) is 0 Å². The van der Waals surface area contributed by atoms with E-state index in [-0.39, 0.29) is 23.9 Å². The maximum absolute atomic E-state index is 12.3. The lowest BCUT2D eigenvalue weighted by Gasteiger charge is -2.25. The number of carbonyl (C=O) groups excluding carboxylic acids is 2. The fourth-order valence-corrected chi connectivity index (χ4v) is 3.40. The smallest absolute Gasteiger partial charge is 0.240 e. The first-order valence-corrected chi connectivity index (χ1v) is 9.38. The molecule has 0 aliphatic carbocycles. The van der Waals surface area contributed by atoms with E-state index in [1.807, 2.05) is 52.8 Å². The maximum atomic E-state index is 12.3. The number of nitrogens with one attached hydrogen (secondary N) is 1. The van der Waals surface area contributed by atoms with Gasteiger partial charge in [-0.1, -0.05) is 15.9 Å². The molecule has 0 aliphatic rings. The van der Waals surface area contributed by atoms with Crippen LogP contribution in [0.5, 0.6) is 0 Å². The van der Waals surface area contributed by atoms with Crippen LogP contribution in [0.1, 0.15) is 33.3 Å². The van der Waals surface area contributed by atoms with Gasteiger partial charge in [0.2, 0.25) is 11.8 Å². The Balaban J connectivity index is 2.58. The Morgan fingerprint density at radius 2 is 1.96 bits per heavy atom. The minimum atomic E-state index is -0.289. The van der Waals surface area contributed by atoms with Crippen LogP contribution in [-0.2, 0) is 9.59 Å². The zero-order valence-corrected chi connectivity index (χ0v) is 16.8. The van der Waals surface area contributed by atoms with Crippen LogP contribution in [0.15, 0.2) is 27.6 Å². The number of amides is 2. The van der Waals surface area contributed by atoms with Gasteiger partial charge in [-0.2, -0.15) is 0 Å². The highest BCUT2D eigenvalue weighted by Crippen LogP contribution is 2.25. The molecule has 23 heavy (non-hydrogen) atoms. The molecule has 0 aliphatic heterocycles. The summed E-state index contributed by atoms with van der Waals surface area (Å²) in [6.07, 6.45) is 0. The number of carbonyl (C=O) groups is 2. The van der Waals surface area contributed by atoms with Gasteiger partial charge >= 0.3 is 0 Å². The van der Waals surface area contributed by atoms with Gasteiger partial charge in [-0.25, -0.2) is 0 Å². The summed E-state index contributed by atoms with van der Waals surface area (Å²) in [7, 11) is 0. The van der Waals surface area contributed by atoms with Gasteiger partial charge in [0.15, 0.2) is 0 Å². The Kier molecular flexibility index (Phi) is 7.61. The van der Waals surface area contributed by atoms with E-state index in [1.165, 1.54) is 11.8 Å². The number of hydrogen-bond donors (Lipinski definition) is 1. The van der Waals surface area contributed by atoms with Crippen LogP contribution in [0, 0.1) is 6.92 Å². The molecule has 1 N–H and O–H groups in total. The molecule has 2 amide bonds. The molecule has 0 bridgehead atoms. The van der Waals surface area contributed by atoms with Crippen LogP contribution in [0.25, 0.3) is 0 Å². The van der Waals surface area contributed by atoms with Crippen molar-refractivity contribution in [2.24, 2.45) is 0 Å². The lowest BCUT2D eigenvalue weighted by molar-refractivity contribution is -0.134. The van der Waals surface area contributed by atoms with Crippen molar-refractivity contribution >= 4 is 39.5 Å². The van der Waals surface area contributed by atoms with Gasteiger partial charge < -0.3 is 10.2 Å². The average Bonchev–Trinajstić information content (AvgIpc) is 2.41. The van der Waals surface area contributed by atoms with Crippen molar-refractivity contribution in [1.82, 2.24) is 10.2 Å². The number of benzene rings is 1. The zero-order valence-electron chi connectivity index (χ0n) is 14.4. The normalized spacial score (nSPS) is 11.2. The summed E-state index contributed by atoms with van der Waals surface area (Å²) in [5.41, 5.74) is 0.841. The minimum absolute atomic E-state index is 0.0242. The molecular weight excluding hydrogens is 376 g/mol. The van der Waals surface area contributed by atoms with Gasteiger partial charge in [-0.15, -0.1) is 11.8 Å². The molecule has 0 aromatic heterocycles. The number of likely N-dealkylation sites (N-methyl/N-ethyl adjacent to an activating group) is 1. The van der Waals surface area contributed by atoms with Crippen LogP contribution in [0.2, 0.25) is 0 Å². The molecule has 1 aromatic rings. The third kappa shape index (κ3) is 7.40. The van der Waals surface area contributed by atoms with E-state index < -0.39 is 0 Å². The molecule has 0 radical (unpaired) electrons. The van der Waals surface area contributed by atoms with Crippen molar-refractivity contribution < 1.29 is 9.59 Å². The predicted octanol–water partition coefficient (Wildman–Crippen LogP) is 3.61. The molecule has 0 atom stereocenters. The summed E-state index contributed by atoms with van der Waals surface area (Å²) in [5.74, 6) is 0.181. The number of hydrogen-bond acceptors (Lipinski definition) is 3. The number of rotatable bonds is 6. The lowest BCUT2D eigenvalue weighted by atomic mass is 10.1. The van der Waals surface area contributed by atoms with Crippen LogP contribution < -0.4 is 5.32 Å². The van der Waals surface area contributed by atoms with Crippen molar-refractivity contribution in [2.75, 3.05) is 18.8 Å². The number of aryl methyl sites for hydroxylation is 1. The molecule has 0 spiro atoms. The van der Waals surface area contributed by atoms with E-state index in [0.717, 1.165) is 14.9 Å². The van der Waals surface area contributed by atoms with Gasteiger partial charge in [0.05, 0.1) is 12.3 Å². The second-order valence-corrected chi connectivity index (χ2v) is 8.34. The minimum Gasteiger partial charge on any atom is -0.350 e. The summed E-state index contributed by atoms with van der Waals surface area (Å²) >= 11 is 4.94. The Morgan fingerprint density at radius 1 is 1.30 bits per heavy atom. The molecule has 6 heteroatoms. The molecule has 0 saturated heterocycles. The van der Waals surface area contributed by atoms with Crippen LogP contribution >= 0.6 is 27.7 Å². The molecule has 1 rings (SSSR count). The summed E-state index contributed by atoms with van der Waals surface area (Å²) < 4.78 is 1.03. The van der Waals surface area contributed by atoms with E-state index in [1.54, 1.807) is 4.90 Å². The fraction of sp³-hybridized carbons (Fsp3) is 0.529. The topological polar surface area (TPSA) is 49.4 Å². The molecular formula is C17H25BrN2O2S. The first-order valence-electron chi connectivity index (χ1n) is 7.60. The van der Waals surface area contributed by atoms with Crippen molar-refractivity contribution in [2.45, 2.75) is 45.1 Å². The van der Waals surface area contributed by atoms with Crippen LogP contribution in [-0.4, -0.2) is 41.1 Å². The molecule has 0 unspecified atom stereocenters. The van der Waals surface area contributed by atoms with Crippen molar-refractivity contribution in [3.8, 4) is 0 Å². The van der Waals surface area contributed by atoms with Gasteiger partial charge in [-0.05, 0) is 58.4 Å². The standard InChI is InChI=1S/C17H25BrN2O2S/c1-6-20(10-15(21)19-17(3,4)5)16(22)11-23-14-8-7-13(18)9-12(14)2/h7-9H,6,10-11H2,1-5H3,(H,19,21). The Morgan fingerprint density at radius 3 is 2.48 bits per heavy atom. The van der Waals surface area contributed by atoms with E-state index in [0.29, 0.717) is 12.3 Å². The molecule has 128 valence electrons. The summed E-state index contributed by atoms with van der Waals surface area (Å²) in [4.78, 5) is 27.0. The second kappa shape index (κ2) is 8.73. The van der Waals surface area contributed by atoms with Gasteiger partial charge in [-0.3, -0.25) is 9.59 Å². The monoisotopic (exact) mass is 400 g/mol. The molecule has 1 aromatic carbocycles. The highest BCUT2D eigenvalue weighted by atomic mass is 79.9. The predicted molar refractivity (Wildman–Crippen MR) is 99.8 cm³/mol. The number of nitrogens with zero attached hydrogens (tertiary/aromatic N) is 1. The highest BCUT2D eigenvalue weighted by molar-refractivity contribution is 9.10. The molecule has 0 heterocycles. The van der Waals surface area contributed by atoms with E-state index >= 15 is 0 Å². The highest BCUT2D eigenvalue weighted by Gasteiger charge is 2.19. The van der Waals surface area contributed by atoms with Gasteiger partial charge in [0, 0.05) is 21.5 Å². The van der Waals surface area contributed by atoms with Crippen molar-refractivity contribution in [3.05, 3.63) is 28.2 Å². The third-order valence-electron chi connectivity index (χ3n) is 3.07. The van der Waals surface area contributed by atoms with E-state index in [2.05, 4.69) is 21.2 Å². The Bertz CT molecular complexity index is 570. The van der Waals surface area contributed by atoms with Gasteiger partial charge in [0.1, 0.15) is 0 Å². The Hall–Kier alpha value is -1.01. The summed E-state index contributed by atoms with van der Waals surface area (Å²) in [6, 6.07) is 6.00. The van der Waals surface area contributed by atoms with Crippen LogP contribution in [0.4, 0.5) is 0 Å². The molecule has 0 fully saturated rings. The molecule has 0 saturated carbocycles. The SMILES string of the molecule is CCN(CC(=O)NC(C)(C)C)C(=O)CSc1ccc(Br)cc1C. The van der Waals surface area contributed by atoms with Crippen LogP contribution in [0.3, 0.4) is 0 Å². The first kappa shape index (κ1) is 20.0. The van der Waals surface area contributed by atoms with E-state index in [9.17, 15) is 9.59 Å². The largest absolute Gasteiger partial charge is 0.350 e. The zero-order chi connectivity index (χ0) is 17.6. The maximum Gasteiger partial charge on any atom is 0.240 e.